The van der Waals surface area contributed by atoms with Crippen molar-refractivity contribution >= 4 is 59.1 Å². The summed E-state index contributed by atoms with van der Waals surface area (Å²) in [5.74, 6) is 0. The fourth-order valence-corrected chi connectivity index (χ4v) is 5.00. The largest absolute Gasteiger partial charge is 0.417 e. The van der Waals surface area contributed by atoms with Crippen LogP contribution in [0.3, 0.4) is 0 Å². The summed E-state index contributed by atoms with van der Waals surface area (Å²) in [6.45, 7) is 0. The fourth-order valence-electron chi connectivity index (χ4n) is 1.65. The fraction of sp³-hybridized carbons (Fsp3) is 0.167. The van der Waals surface area contributed by atoms with E-state index in [0.717, 1.165) is 9.85 Å². The van der Waals surface area contributed by atoms with Crippen LogP contribution in [-0.4, -0.2) is 5.11 Å². The van der Waals surface area contributed by atoms with Gasteiger partial charge < -0.3 is 5.11 Å². The van der Waals surface area contributed by atoms with Gasteiger partial charge in [-0.1, -0.05) is 22.0 Å². The highest BCUT2D eigenvalue weighted by molar-refractivity contribution is 9.12. The van der Waals surface area contributed by atoms with E-state index >= 15 is 0 Å². The molecule has 0 fully saturated rings. The number of aliphatic hydroxyl groups is 1. The summed E-state index contributed by atoms with van der Waals surface area (Å²) >= 11 is 10.8. The molecule has 0 aliphatic heterocycles. The minimum absolute atomic E-state index is 0.0495. The molecule has 1 N–H and O–H groups in total. The molecule has 1 aromatic carbocycles. The first-order chi connectivity index (χ1) is 9.20. The number of hydrogen-bond acceptors (Lipinski definition) is 2. The molecule has 2 aromatic rings. The van der Waals surface area contributed by atoms with Crippen LogP contribution in [0.2, 0.25) is 0 Å². The van der Waals surface area contributed by atoms with Gasteiger partial charge in [-0.15, -0.1) is 11.3 Å². The number of rotatable bonds is 2. The molecule has 0 saturated carbocycles. The second kappa shape index (κ2) is 6.08. The van der Waals surface area contributed by atoms with Crippen molar-refractivity contribution in [3.05, 3.63) is 53.0 Å². The zero-order valence-corrected chi connectivity index (χ0v) is 15.1. The van der Waals surface area contributed by atoms with Crippen LogP contribution < -0.4 is 0 Å². The molecule has 0 bridgehead atoms. The Labute approximate surface area is 142 Å². The first-order valence-electron chi connectivity index (χ1n) is 5.19. The van der Waals surface area contributed by atoms with E-state index in [9.17, 15) is 18.3 Å². The Bertz CT molecular complexity index is 639. The number of thiophene rings is 1. The minimum Gasteiger partial charge on any atom is -0.384 e. The average molecular weight is 495 g/mol. The molecule has 0 aliphatic carbocycles. The van der Waals surface area contributed by atoms with Gasteiger partial charge in [0.2, 0.25) is 0 Å². The highest BCUT2D eigenvalue weighted by Crippen LogP contribution is 2.40. The van der Waals surface area contributed by atoms with Crippen LogP contribution in [0.5, 0.6) is 0 Å². The van der Waals surface area contributed by atoms with Crippen LogP contribution in [0.25, 0.3) is 0 Å². The van der Waals surface area contributed by atoms with Gasteiger partial charge >= 0.3 is 6.18 Å². The molecule has 8 heteroatoms. The van der Waals surface area contributed by atoms with Crippen LogP contribution >= 0.6 is 59.1 Å². The van der Waals surface area contributed by atoms with Gasteiger partial charge in [-0.05, 0) is 55.6 Å². The lowest BCUT2D eigenvalue weighted by atomic mass is 10.0. The number of alkyl halides is 3. The van der Waals surface area contributed by atoms with E-state index in [1.54, 1.807) is 6.07 Å². The van der Waals surface area contributed by atoms with Crippen LogP contribution in [0.1, 0.15) is 22.8 Å². The molecule has 20 heavy (non-hydrogen) atoms. The molecule has 108 valence electrons. The Morgan fingerprint density at radius 1 is 1.10 bits per heavy atom. The SMILES string of the molecule is OC(c1ccc(Br)c(C(F)(F)F)c1)c1cc(Br)sc1Br. The maximum Gasteiger partial charge on any atom is 0.417 e. The molecule has 0 aliphatic rings. The maximum absolute atomic E-state index is 12.9. The second-order valence-corrected chi connectivity index (χ2v) is 8.52. The van der Waals surface area contributed by atoms with Gasteiger partial charge in [0.1, 0.15) is 6.10 Å². The Morgan fingerprint density at radius 2 is 1.75 bits per heavy atom. The summed E-state index contributed by atoms with van der Waals surface area (Å²) in [5.41, 5.74) is -0.0942. The monoisotopic (exact) mass is 492 g/mol. The van der Waals surface area contributed by atoms with Crippen molar-refractivity contribution in [2.24, 2.45) is 0 Å². The van der Waals surface area contributed by atoms with Crippen LogP contribution in [-0.2, 0) is 6.18 Å². The first kappa shape index (κ1) is 16.5. The summed E-state index contributed by atoms with van der Waals surface area (Å²) in [5, 5.41) is 10.2. The summed E-state index contributed by atoms with van der Waals surface area (Å²) < 4.78 is 40.0. The average Bonchev–Trinajstić information content (AvgIpc) is 2.66. The van der Waals surface area contributed by atoms with E-state index in [1.165, 1.54) is 23.5 Å². The molecule has 2 rings (SSSR count). The van der Waals surface area contributed by atoms with Crippen molar-refractivity contribution in [1.82, 2.24) is 0 Å². The van der Waals surface area contributed by atoms with Crippen molar-refractivity contribution in [3.8, 4) is 0 Å². The normalized spacial score (nSPS) is 13.6. The zero-order valence-electron chi connectivity index (χ0n) is 9.51. The Morgan fingerprint density at radius 3 is 2.25 bits per heavy atom. The van der Waals surface area contributed by atoms with Crippen molar-refractivity contribution < 1.29 is 18.3 Å². The molecule has 0 amide bonds. The lowest BCUT2D eigenvalue weighted by Gasteiger charge is -2.15. The van der Waals surface area contributed by atoms with E-state index in [2.05, 4.69) is 47.8 Å². The second-order valence-electron chi connectivity index (χ2n) is 3.92. The third kappa shape index (κ3) is 3.47. The molecule has 0 saturated heterocycles. The van der Waals surface area contributed by atoms with E-state index in [4.69, 9.17) is 0 Å². The number of hydrogen-bond donors (Lipinski definition) is 1. The number of aliphatic hydroxyl groups excluding tert-OH is 1. The van der Waals surface area contributed by atoms with Gasteiger partial charge in [0.05, 0.1) is 13.1 Å². The van der Waals surface area contributed by atoms with Gasteiger partial charge in [0.15, 0.2) is 0 Å². The van der Waals surface area contributed by atoms with Gasteiger partial charge in [-0.2, -0.15) is 13.2 Å². The molecule has 0 radical (unpaired) electrons. The van der Waals surface area contributed by atoms with Gasteiger partial charge in [0.25, 0.3) is 0 Å². The number of halogens is 6. The van der Waals surface area contributed by atoms with Gasteiger partial charge in [-0.25, -0.2) is 0 Å². The number of benzene rings is 1. The van der Waals surface area contributed by atoms with E-state index in [-0.39, 0.29) is 10.0 Å². The highest BCUT2D eigenvalue weighted by atomic mass is 79.9. The van der Waals surface area contributed by atoms with Gasteiger partial charge in [0, 0.05) is 10.0 Å². The lowest BCUT2D eigenvalue weighted by molar-refractivity contribution is -0.138. The summed E-state index contributed by atoms with van der Waals surface area (Å²) in [6, 6.07) is 5.38. The van der Waals surface area contributed by atoms with Crippen molar-refractivity contribution in [3.63, 3.8) is 0 Å². The standard InChI is InChI=1S/C12H6Br3F3OS/c13-8-2-1-5(3-7(8)12(16,17)18)10(19)6-4-9(14)20-11(6)15/h1-4,10,19H. The van der Waals surface area contributed by atoms with E-state index in [1.807, 2.05) is 0 Å². The van der Waals surface area contributed by atoms with Crippen molar-refractivity contribution in [2.45, 2.75) is 12.3 Å². The van der Waals surface area contributed by atoms with Crippen LogP contribution in [0, 0.1) is 0 Å². The third-order valence-electron chi connectivity index (χ3n) is 2.59. The summed E-state index contributed by atoms with van der Waals surface area (Å²) in [7, 11) is 0. The molecule has 1 nitrogen and oxygen atoms in total. The first-order valence-corrected chi connectivity index (χ1v) is 8.39. The molecule has 1 unspecified atom stereocenters. The smallest absolute Gasteiger partial charge is 0.384 e. The maximum atomic E-state index is 12.9. The topological polar surface area (TPSA) is 20.2 Å². The summed E-state index contributed by atoms with van der Waals surface area (Å²) in [4.78, 5) is 0. The Balaban J connectivity index is 2.46. The molecule has 0 spiro atoms. The summed E-state index contributed by atoms with van der Waals surface area (Å²) in [6.07, 6.45) is -5.60. The highest BCUT2D eigenvalue weighted by Gasteiger charge is 2.33. The molecule has 1 aromatic heterocycles. The van der Waals surface area contributed by atoms with E-state index < -0.39 is 17.8 Å². The minimum atomic E-state index is -4.47. The molecular formula is C12H6Br3F3OS. The third-order valence-corrected chi connectivity index (χ3v) is 5.67. The predicted molar refractivity (Wildman–Crippen MR) is 82.9 cm³/mol. The van der Waals surface area contributed by atoms with Crippen LogP contribution in [0.4, 0.5) is 13.2 Å². The quantitative estimate of drug-likeness (QED) is 0.532. The lowest BCUT2D eigenvalue weighted by Crippen LogP contribution is -2.08. The van der Waals surface area contributed by atoms with Crippen molar-refractivity contribution in [1.29, 1.82) is 0 Å². The van der Waals surface area contributed by atoms with Gasteiger partial charge in [-0.3, -0.25) is 0 Å². The van der Waals surface area contributed by atoms with E-state index in [0.29, 0.717) is 9.35 Å². The predicted octanol–water partition coefficient (Wildman–Crippen LogP) is 6.14. The molecule has 1 heterocycles. The zero-order chi connectivity index (χ0) is 15.1. The molecule has 1 atom stereocenters. The Kier molecular flexibility index (Phi) is 5.01. The Hall–Kier alpha value is 0.110. The van der Waals surface area contributed by atoms with Crippen molar-refractivity contribution in [2.75, 3.05) is 0 Å². The van der Waals surface area contributed by atoms with Crippen LogP contribution in [0.15, 0.2) is 36.3 Å². The molecular weight excluding hydrogens is 489 g/mol.